The summed E-state index contributed by atoms with van der Waals surface area (Å²) >= 11 is 0. The fraction of sp³-hybridized carbons (Fsp3) is 0.222. The van der Waals surface area contributed by atoms with Crippen molar-refractivity contribution in [3.05, 3.63) is 29.8 Å². The average Bonchev–Trinajstić information content (AvgIpc) is 2.18. The number of benzene rings is 1. The van der Waals surface area contributed by atoms with Gasteiger partial charge < -0.3 is 5.32 Å². The molecule has 0 saturated carbocycles. The van der Waals surface area contributed by atoms with E-state index in [1.165, 1.54) is 0 Å². The zero-order chi connectivity index (χ0) is 9.68. The van der Waals surface area contributed by atoms with Crippen LogP contribution in [0.1, 0.15) is 17.3 Å². The second kappa shape index (κ2) is 4.47. The summed E-state index contributed by atoms with van der Waals surface area (Å²) in [5, 5.41) is 11.5. The van der Waals surface area contributed by atoms with E-state index in [4.69, 9.17) is 5.21 Å². The van der Waals surface area contributed by atoms with E-state index in [0.29, 0.717) is 5.56 Å². The number of anilines is 1. The fourth-order valence-electron chi connectivity index (χ4n) is 1.04. The van der Waals surface area contributed by atoms with Crippen molar-refractivity contribution < 1.29 is 10.0 Å². The lowest BCUT2D eigenvalue weighted by Crippen LogP contribution is -2.18. The molecule has 13 heavy (non-hydrogen) atoms. The lowest BCUT2D eigenvalue weighted by Gasteiger charge is -2.04. The van der Waals surface area contributed by atoms with Crippen LogP contribution in [-0.4, -0.2) is 17.7 Å². The summed E-state index contributed by atoms with van der Waals surface area (Å²) in [7, 11) is 0. The highest BCUT2D eigenvalue weighted by molar-refractivity contribution is 5.94. The van der Waals surface area contributed by atoms with E-state index in [1.807, 2.05) is 13.0 Å². The Kier molecular flexibility index (Phi) is 3.28. The second-order valence-electron chi connectivity index (χ2n) is 2.55. The van der Waals surface area contributed by atoms with E-state index in [2.05, 4.69) is 5.32 Å². The molecule has 0 heterocycles. The number of rotatable bonds is 3. The quantitative estimate of drug-likeness (QED) is 0.484. The lowest BCUT2D eigenvalue weighted by molar-refractivity contribution is 0.0706. The maximum atomic E-state index is 11.0. The molecule has 0 aliphatic carbocycles. The molecule has 0 unspecified atom stereocenters. The number of hydrogen-bond donors (Lipinski definition) is 3. The van der Waals surface area contributed by atoms with Gasteiger partial charge in [-0.3, -0.25) is 10.0 Å². The molecular weight excluding hydrogens is 168 g/mol. The summed E-state index contributed by atoms with van der Waals surface area (Å²) in [6.45, 7) is 2.77. The molecule has 0 aromatic heterocycles. The molecule has 0 spiro atoms. The van der Waals surface area contributed by atoms with E-state index in [0.717, 1.165) is 12.2 Å². The SMILES string of the molecule is CCNc1cccc(C(=O)NO)c1. The Labute approximate surface area is 76.5 Å². The minimum Gasteiger partial charge on any atom is -0.385 e. The third-order valence-corrected chi connectivity index (χ3v) is 1.61. The number of hydroxylamine groups is 1. The predicted octanol–water partition coefficient (Wildman–Crippen LogP) is 1.24. The second-order valence-corrected chi connectivity index (χ2v) is 2.55. The van der Waals surface area contributed by atoms with Gasteiger partial charge in [-0.05, 0) is 25.1 Å². The molecule has 0 bridgehead atoms. The molecule has 4 nitrogen and oxygen atoms in total. The van der Waals surface area contributed by atoms with Gasteiger partial charge in [0.25, 0.3) is 5.91 Å². The van der Waals surface area contributed by atoms with Gasteiger partial charge in [0.05, 0.1) is 0 Å². The van der Waals surface area contributed by atoms with Gasteiger partial charge in [0.1, 0.15) is 0 Å². The van der Waals surface area contributed by atoms with Crippen LogP contribution in [0, 0.1) is 0 Å². The van der Waals surface area contributed by atoms with Crippen LogP contribution < -0.4 is 10.8 Å². The Morgan fingerprint density at radius 2 is 2.31 bits per heavy atom. The standard InChI is InChI=1S/C9H12N2O2/c1-2-10-8-5-3-4-7(6-8)9(12)11-13/h3-6,10,13H,2H2,1H3,(H,11,12). The first-order valence-corrected chi connectivity index (χ1v) is 4.06. The molecule has 0 aliphatic heterocycles. The topological polar surface area (TPSA) is 61.4 Å². The average molecular weight is 180 g/mol. The Hall–Kier alpha value is -1.55. The van der Waals surface area contributed by atoms with E-state index < -0.39 is 5.91 Å². The van der Waals surface area contributed by atoms with Gasteiger partial charge in [-0.15, -0.1) is 0 Å². The summed E-state index contributed by atoms with van der Waals surface area (Å²) in [4.78, 5) is 11.0. The molecule has 0 radical (unpaired) electrons. The van der Waals surface area contributed by atoms with E-state index in [-0.39, 0.29) is 0 Å². The highest BCUT2D eigenvalue weighted by Gasteiger charge is 2.03. The van der Waals surface area contributed by atoms with E-state index >= 15 is 0 Å². The van der Waals surface area contributed by atoms with E-state index in [1.54, 1.807) is 23.7 Å². The van der Waals surface area contributed by atoms with Crippen LogP contribution in [0.2, 0.25) is 0 Å². The van der Waals surface area contributed by atoms with Crippen LogP contribution in [0.25, 0.3) is 0 Å². The zero-order valence-electron chi connectivity index (χ0n) is 7.37. The number of carbonyl (C=O) groups is 1. The summed E-state index contributed by atoms with van der Waals surface area (Å²) < 4.78 is 0. The molecule has 0 atom stereocenters. The molecule has 4 heteroatoms. The van der Waals surface area contributed by atoms with Crippen molar-refractivity contribution in [2.75, 3.05) is 11.9 Å². The minimum atomic E-state index is -0.500. The first-order valence-electron chi connectivity index (χ1n) is 4.06. The first kappa shape index (κ1) is 9.54. The fourth-order valence-corrected chi connectivity index (χ4v) is 1.04. The molecule has 1 rings (SSSR count). The highest BCUT2D eigenvalue weighted by atomic mass is 16.5. The van der Waals surface area contributed by atoms with Crippen LogP contribution in [0.4, 0.5) is 5.69 Å². The largest absolute Gasteiger partial charge is 0.385 e. The van der Waals surface area contributed by atoms with Crippen LogP contribution in [0.15, 0.2) is 24.3 Å². The summed E-state index contributed by atoms with van der Waals surface area (Å²) in [6, 6.07) is 6.92. The van der Waals surface area contributed by atoms with Crippen molar-refractivity contribution >= 4 is 11.6 Å². The monoisotopic (exact) mass is 180 g/mol. The molecule has 3 N–H and O–H groups in total. The molecule has 0 fully saturated rings. The normalized spacial score (nSPS) is 9.38. The number of carbonyl (C=O) groups excluding carboxylic acids is 1. The molecule has 1 aromatic rings. The highest BCUT2D eigenvalue weighted by Crippen LogP contribution is 2.09. The minimum absolute atomic E-state index is 0.431. The zero-order valence-corrected chi connectivity index (χ0v) is 7.37. The predicted molar refractivity (Wildman–Crippen MR) is 49.9 cm³/mol. The van der Waals surface area contributed by atoms with Crippen molar-refractivity contribution in [2.24, 2.45) is 0 Å². The van der Waals surface area contributed by atoms with Gasteiger partial charge in [0.15, 0.2) is 0 Å². The number of amides is 1. The maximum Gasteiger partial charge on any atom is 0.274 e. The molecule has 1 amide bonds. The van der Waals surface area contributed by atoms with Gasteiger partial charge in [-0.25, -0.2) is 5.48 Å². The van der Waals surface area contributed by atoms with Crippen molar-refractivity contribution in [1.29, 1.82) is 0 Å². The maximum absolute atomic E-state index is 11.0. The summed E-state index contributed by atoms with van der Waals surface area (Å²) in [5.74, 6) is -0.500. The van der Waals surface area contributed by atoms with Crippen molar-refractivity contribution in [1.82, 2.24) is 5.48 Å². The van der Waals surface area contributed by atoms with Crippen molar-refractivity contribution in [2.45, 2.75) is 6.92 Å². The summed E-state index contributed by atoms with van der Waals surface area (Å²) in [5.41, 5.74) is 2.88. The van der Waals surface area contributed by atoms with Crippen LogP contribution in [0.3, 0.4) is 0 Å². The van der Waals surface area contributed by atoms with Gasteiger partial charge in [-0.1, -0.05) is 6.07 Å². The van der Waals surface area contributed by atoms with Crippen LogP contribution in [-0.2, 0) is 0 Å². The number of nitrogens with one attached hydrogen (secondary N) is 2. The van der Waals surface area contributed by atoms with Gasteiger partial charge in [0, 0.05) is 17.8 Å². The molecule has 70 valence electrons. The Bertz CT molecular complexity index is 299. The smallest absolute Gasteiger partial charge is 0.274 e. The lowest BCUT2D eigenvalue weighted by atomic mass is 10.2. The van der Waals surface area contributed by atoms with Crippen molar-refractivity contribution in [3.8, 4) is 0 Å². The molecule has 0 aliphatic rings. The molecule has 0 saturated heterocycles. The third-order valence-electron chi connectivity index (χ3n) is 1.61. The van der Waals surface area contributed by atoms with E-state index in [9.17, 15) is 4.79 Å². The van der Waals surface area contributed by atoms with Crippen LogP contribution >= 0.6 is 0 Å². The van der Waals surface area contributed by atoms with Gasteiger partial charge in [-0.2, -0.15) is 0 Å². The molecule has 1 aromatic carbocycles. The molecular formula is C9H12N2O2. The number of hydrogen-bond acceptors (Lipinski definition) is 3. The van der Waals surface area contributed by atoms with Gasteiger partial charge >= 0.3 is 0 Å². The summed E-state index contributed by atoms with van der Waals surface area (Å²) in [6.07, 6.45) is 0. The Morgan fingerprint density at radius 1 is 1.54 bits per heavy atom. The first-order chi connectivity index (χ1) is 6.27. The Morgan fingerprint density at radius 3 is 2.92 bits per heavy atom. The van der Waals surface area contributed by atoms with Crippen LogP contribution in [0.5, 0.6) is 0 Å². The van der Waals surface area contributed by atoms with Gasteiger partial charge in [0.2, 0.25) is 0 Å². The third kappa shape index (κ3) is 2.45. The van der Waals surface area contributed by atoms with Crippen molar-refractivity contribution in [3.63, 3.8) is 0 Å². The Balaban J connectivity index is 2.85.